The number of hydrogen-bond acceptors (Lipinski definition) is 0. The van der Waals surface area contributed by atoms with Gasteiger partial charge >= 0.3 is 0 Å². The van der Waals surface area contributed by atoms with E-state index in [9.17, 15) is 0 Å². The maximum atomic E-state index is 2.54. The number of benzene rings is 12. The van der Waals surface area contributed by atoms with E-state index in [1.54, 1.807) is 0 Å². The quantitative estimate of drug-likeness (QED) is 0.153. The first-order valence-corrected chi connectivity index (χ1v) is 21.8. The fourth-order valence-corrected chi connectivity index (χ4v) is 10.4. The van der Waals surface area contributed by atoms with Crippen molar-refractivity contribution < 1.29 is 0 Å². The minimum atomic E-state index is 1.13. The van der Waals surface area contributed by atoms with Crippen LogP contribution in [0.15, 0.2) is 237 Å². The normalized spacial score (nSPS) is 11.8. The van der Waals surface area contributed by atoms with Gasteiger partial charge in [-0.05, 0) is 147 Å². The van der Waals surface area contributed by atoms with Crippen LogP contribution >= 0.6 is 0 Å². The SMILES string of the molecule is c1ccc(-c2c(-c3ccccc3)n(-c3ccc4cc5ccccc5cc4c3)c3cc4c(-c5ccc6ccccc6c5)c5ccccc5c(-c5ccc6ccccc6c5)c4cc23)cc1. The van der Waals surface area contributed by atoms with Crippen molar-refractivity contribution >= 4 is 75.5 Å². The molecule has 0 spiro atoms. The van der Waals surface area contributed by atoms with Crippen molar-refractivity contribution in [3.63, 3.8) is 0 Å². The number of fused-ring (bicyclic) bond motifs is 7. The van der Waals surface area contributed by atoms with E-state index in [0.717, 1.165) is 5.69 Å². The highest BCUT2D eigenvalue weighted by Crippen LogP contribution is 2.50. The molecule has 0 bridgehead atoms. The number of rotatable bonds is 5. The molecule has 1 heteroatoms. The van der Waals surface area contributed by atoms with Gasteiger partial charge in [0.1, 0.15) is 0 Å². The molecule has 0 N–H and O–H groups in total. The summed E-state index contributed by atoms with van der Waals surface area (Å²) >= 11 is 0. The summed E-state index contributed by atoms with van der Waals surface area (Å²) in [6, 6.07) is 87.8. The molecule has 1 nitrogen and oxygen atoms in total. The second-order valence-electron chi connectivity index (χ2n) is 16.9. The van der Waals surface area contributed by atoms with Gasteiger partial charge in [-0.25, -0.2) is 0 Å². The van der Waals surface area contributed by atoms with E-state index in [-0.39, 0.29) is 0 Å². The van der Waals surface area contributed by atoms with Crippen LogP contribution in [-0.4, -0.2) is 4.57 Å². The Hall–Kier alpha value is -8.26. The van der Waals surface area contributed by atoms with E-state index in [1.165, 1.54) is 120 Å². The summed E-state index contributed by atoms with van der Waals surface area (Å²) in [6.07, 6.45) is 0. The van der Waals surface area contributed by atoms with Gasteiger partial charge in [-0.15, -0.1) is 0 Å². The second kappa shape index (κ2) is 14.2. The van der Waals surface area contributed by atoms with Crippen LogP contribution < -0.4 is 0 Å². The summed E-state index contributed by atoms with van der Waals surface area (Å²) in [7, 11) is 0. The average Bonchev–Trinajstić information content (AvgIpc) is 3.68. The molecule has 12 aromatic carbocycles. The Labute approximate surface area is 365 Å². The lowest BCUT2D eigenvalue weighted by molar-refractivity contribution is 1.14. The summed E-state index contributed by atoms with van der Waals surface area (Å²) in [5.41, 5.74) is 12.0. The molecule has 0 atom stereocenters. The van der Waals surface area contributed by atoms with Gasteiger partial charge in [0.25, 0.3) is 0 Å². The predicted molar refractivity (Wildman–Crippen MR) is 270 cm³/mol. The van der Waals surface area contributed by atoms with E-state index in [1.807, 2.05) is 0 Å². The highest BCUT2D eigenvalue weighted by Gasteiger charge is 2.25. The first kappa shape index (κ1) is 35.5. The van der Waals surface area contributed by atoms with Crippen LogP contribution in [-0.2, 0) is 0 Å². The smallest absolute Gasteiger partial charge is 0.0619 e. The molecule has 0 aliphatic carbocycles. The Kier molecular flexibility index (Phi) is 7.98. The van der Waals surface area contributed by atoms with Crippen LogP contribution in [0, 0.1) is 0 Å². The maximum Gasteiger partial charge on any atom is 0.0619 e. The Morgan fingerprint density at radius 3 is 1.25 bits per heavy atom. The first-order valence-electron chi connectivity index (χ1n) is 21.8. The fraction of sp³-hybridized carbons (Fsp3) is 0. The third kappa shape index (κ3) is 5.71. The van der Waals surface area contributed by atoms with Crippen molar-refractivity contribution in [3.05, 3.63) is 237 Å². The van der Waals surface area contributed by atoms with E-state index in [0.29, 0.717) is 0 Å². The molecule has 0 aliphatic heterocycles. The van der Waals surface area contributed by atoms with Gasteiger partial charge in [-0.1, -0.05) is 188 Å². The van der Waals surface area contributed by atoms with Crippen molar-refractivity contribution in [2.24, 2.45) is 0 Å². The molecule has 0 aliphatic rings. The standard InChI is InChI=1S/C62H39N/c1-3-17-42(18-4-1)61-57-38-55-56(39-58(57)63(62(61)43-19-5-2-6-20-43)52-32-31-48-33-46-23-11-12-24-47(46)36-51(48)37-52)60(50-30-28-41-16-8-10-22-45(41)35-50)54-26-14-13-25-53(54)59(55)49-29-27-40-15-7-9-21-44(40)34-49/h1-39H. The third-order valence-corrected chi connectivity index (χ3v) is 13.2. The zero-order valence-electron chi connectivity index (χ0n) is 34.5. The zero-order chi connectivity index (χ0) is 41.4. The minimum Gasteiger partial charge on any atom is -0.309 e. The second-order valence-corrected chi connectivity index (χ2v) is 16.9. The first-order chi connectivity index (χ1) is 31.2. The van der Waals surface area contributed by atoms with Crippen LogP contribution in [0.2, 0.25) is 0 Å². The summed E-state index contributed by atoms with van der Waals surface area (Å²) in [5.74, 6) is 0. The predicted octanol–water partition coefficient (Wildman–Crippen LogP) is 17.2. The molecular weight excluding hydrogens is 759 g/mol. The molecule has 0 saturated carbocycles. The summed E-state index contributed by atoms with van der Waals surface area (Å²) in [5, 5.41) is 16.1. The molecule has 1 aromatic heterocycles. The van der Waals surface area contributed by atoms with Gasteiger partial charge in [-0.2, -0.15) is 0 Å². The Balaban J connectivity index is 1.23. The lowest BCUT2D eigenvalue weighted by Gasteiger charge is -2.19. The van der Waals surface area contributed by atoms with Gasteiger partial charge in [0, 0.05) is 16.6 Å². The Morgan fingerprint density at radius 2 is 0.667 bits per heavy atom. The number of aromatic nitrogens is 1. The molecule has 292 valence electrons. The molecule has 0 unspecified atom stereocenters. The highest BCUT2D eigenvalue weighted by atomic mass is 15.0. The van der Waals surface area contributed by atoms with Gasteiger partial charge in [0.05, 0.1) is 11.2 Å². The third-order valence-electron chi connectivity index (χ3n) is 13.2. The topological polar surface area (TPSA) is 4.93 Å². The van der Waals surface area contributed by atoms with Crippen LogP contribution in [0.4, 0.5) is 0 Å². The van der Waals surface area contributed by atoms with Crippen molar-refractivity contribution in [2.75, 3.05) is 0 Å². The molecule has 0 radical (unpaired) electrons. The Bertz CT molecular complexity index is 3950. The van der Waals surface area contributed by atoms with Crippen molar-refractivity contribution in [2.45, 2.75) is 0 Å². The van der Waals surface area contributed by atoms with Crippen LogP contribution in [0.1, 0.15) is 0 Å². The molecule has 13 rings (SSSR count). The number of nitrogens with zero attached hydrogens (tertiary/aromatic N) is 1. The Morgan fingerprint density at radius 1 is 0.222 bits per heavy atom. The lowest BCUT2D eigenvalue weighted by Crippen LogP contribution is -1.98. The molecule has 63 heavy (non-hydrogen) atoms. The molecule has 1 heterocycles. The molecule has 0 saturated heterocycles. The molecule has 13 aromatic rings. The zero-order valence-corrected chi connectivity index (χ0v) is 34.5. The van der Waals surface area contributed by atoms with Crippen LogP contribution in [0.25, 0.3) is 126 Å². The van der Waals surface area contributed by atoms with E-state index < -0.39 is 0 Å². The van der Waals surface area contributed by atoms with E-state index >= 15 is 0 Å². The monoisotopic (exact) mass is 797 g/mol. The van der Waals surface area contributed by atoms with Gasteiger partial charge in [-0.3, -0.25) is 0 Å². The largest absolute Gasteiger partial charge is 0.309 e. The van der Waals surface area contributed by atoms with Gasteiger partial charge < -0.3 is 4.57 Å². The molecule has 0 fully saturated rings. The fourth-order valence-electron chi connectivity index (χ4n) is 10.4. The van der Waals surface area contributed by atoms with Crippen molar-refractivity contribution in [1.29, 1.82) is 0 Å². The van der Waals surface area contributed by atoms with E-state index in [2.05, 4.69) is 241 Å². The van der Waals surface area contributed by atoms with Crippen LogP contribution in [0.5, 0.6) is 0 Å². The van der Waals surface area contributed by atoms with Crippen molar-refractivity contribution in [3.8, 4) is 50.3 Å². The van der Waals surface area contributed by atoms with Gasteiger partial charge in [0.15, 0.2) is 0 Å². The maximum absolute atomic E-state index is 2.54. The summed E-state index contributed by atoms with van der Waals surface area (Å²) < 4.78 is 2.54. The molecular formula is C62H39N. The van der Waals surface area contributed by atoms with Gasteiger partial charge in [0.2, 0.25) is 0 Å². The van der Waals surface area contributed by atoms with E-state index in [4.69, 9.17) is 0 Å². The summed E-state index contributed by atoms with van der Waals surface area (Å²) in [4.78, 5) is 0. The minimum absolute atomic E-state index is 1.13. The number of hydrogen-bond donors (Lipinski definition) is 0. The lowest BCUT2D eigenvalue weighted by atomic mass is 9.84. The average molecular weight is 798 g/mol. The highest BCUT2D eigenvalue weighted by molar-refractivity contribution is 6.25. The molecule has 0 amide bonds. The summed E-state index contributed by atoms with van der Waals surface area (Å²) in [6.45, 7) is 0. The van der Waals surface area contributed by atoms with Crippen LogP contribution in [0.3, 0.4) is 0 Å². The van der Waals surface area contributed by atoms with Crippen molar-refractivity contribution in [1.82, 2.24) is 4.57 Å².